The largest absolute Gasteiger partial charge is 0.486 e. The highest BCUT2D eigenvalue weighted by Crippen LogP contribution is 2.31. The molecule has 1 saturated heterocycles. The molecule has 0 unspecified atom stereocenters. The molecule has 0 saturated carbocycles. The van der Waals surface area contributed by atoms with Gasteiger partial charge in [-0.25, -0.2) is 9.97 Å². The minimum atomic E-state index is 0.106. The smallest absolute Gasteiger partial charge is 0.141 e. The van der Waals surface area contributed by atoms with Gasteiger partial charge in [0.25, 0.3) is 0 Å². The fraction of sp³-hybridized carbons (Fsp3) is 0.258. The molecule has 9 nitrogen and oxygen atoms in total. The van der Waals surface area contributed by atoms with Gasteiger partial charge < -0.3 is 24.5 Å². The summed E-state index contributed by atoms with van der Waals surface area (Å²) >= 11 is 6.55. The number of benzene rings is 2. The predicted octanol–water partition coefficient (Wildman–Crippen LogP) is 5.16. The summed E-state index contributed by atoms with van der Waals surface area (Å²) in [4.78, 5) is 15.7. The van der Waals surface area contributed by atoms with Gasteiger partial charge in [0.1, 0.15) is 24.5 Å². The van der Waals surface area contributed by atoms with Gasteiger partial charge in [-0.1, -0.05) is 17.7 Å². The lowest BCUT2D eigenvalue weighted by Gasteiger charge is -2.26. The van der Waals surface area contributed by atoms with Crippen molar-refractivity contribution in [2.24, 2.45) is 0 Å². The average Bonchev–Trinajstić information content (AvgIpc) is 3.40. The van der Waals surface area contributed by atoms with E-state index in [1.165, 1.54) is 5.56 Å². The van der Waals surface area contributed by atoms with Gasteiger partial charge >= 0.3 is 0 Å². The highest BCUT2D eigenvalue weighted by atomic mass is 35.5. The van der Waals surface area contributed by atoms with Crippen LogP contribution in [0.15, 0.2) is 79.5 Å². The maximum atomic E-state index is 9.68. The van der Waals surface area contributed by atoms with Crippen LogP contribution in [0.25, 0.3) is 16.6 Å². The lowest BCUT2D eigenvalue weighted by Crippen LogP contribution is -2.35. The molecule has 0 radical (unpaired) electrons. The van der Waals surface area contributed by atoms with Gasteiger partial charge in [-0.05, 0) is 66.1 Å². The first-order valence-electron chi connectivity index (χ1n) is 13.6. The molecule has 0 atom stereocenters. The number of rotatable bonds is 10. The van der Waals surface area contributed by atoms with E-state index in [1.807, 2.05) is 48.5 Å². The van der Waals surface area contributed by atoms with Crippen LogP contribution in [0.3, 0.4) is 0 Å². The van der Waals surface area contributed by atoms with E-state index < -0.39 is 0 Å². The lowest BCUT2D eigenvalue weighted by molar-refractivity contribution is 0.0340. The molecule has 2 N–H and O–H groups in total. The van der Waals surface area contributed by atoms with Crippen molar-refractivity contribution in [2.75, 3.05) is 38.2 Å². The van der Waals surface area contributed by atoms with Crippen LogP contribution in [-0.2, 0) is 24.3 Å². The van der Waals surface area contributed by atoms with E-state index in [9.17, 15) is 5.11 Å². The summed E-state index contributed by atoms with van der Waals surface area (Å²) in [5, 5.41) is 14.4. The third-order valence-electron chi connectivity index (χ3n) is 7.09. The highest BCUT2D eigenvalue weighted by Gasteiger charge is 2.16. The van der Waals surface area contributed by atoms with E-state index >= 15 is 0 Å². The number of aromatic nitrogens is 4. The molecule has 6 rings (SSSR count). The van der Waals surface area contributed by atoms with Gasteiger partial charge in [0, 0.05) is 61.6 Å². The molecule has 0 bridgehead atoms. The second-order valence-electron chi connectivity index (χ2n) is 9.88. The number of pyridine rings is 1. The zero-order chi connectivity index (χ0) is 28.0. The SMILES string of the molecule is OCCc1cn(-c2ccc3ncnc(Nc4ccc(OCc5ccccn5)c(Cl)c4)c3c2)cc1CN1CCOCC1. The van der Waals surface area contributed by atoms with Crippen molar-refractivity contribution in [1.29, 1.82) is 0 Å². The molecule has 210 valence electrons. The van der Waals surface area contributed by atoms with Crippen LogP contribution in [0.4, 0.5) is 11.5 Å². The van der Waals surface area contributed by atoms with Crippen LogP contribution in [0.5, 0.6) is 5.75 Å². The Kier molecular flexibility index (Phi) is 8.39. The quantitative estimate of drug-likeness (QED) is 0.238. The average molecular weight is 571 g/mol. The standard InChI is InChI=1S/C31H31ClN6O3/c32-28-15-24(4-7-30(28)41-20-25-3-1-2-9-33-25)36-31-27-16-26(5-6-29(27)34-21-35-31)38-18-22(8-12-39)23(19-38)17-37-10-13-40-14-11-37/h1-7,9,15-16,18-19,21,39H,8,10-14,17,20H2,(H,34,35,36). The summed E-state index contributed by atoms with van der Waals surface area (Å²) in [6, 6.07) is 17.4. The second-order valence-corrected chi connectivity index (χ2v) is 10.3. The highest BCUT2D eigenvalue weighted by molar-refractivity contribution is 6.32. The van der Waals surface area contributed by atoms with Crippen LogP contribution < -0.4 is 10.1 Å². The van der Waals surface area contributed by atoms with Crippen molar-refractivity contribution in [3.8, 4) is 11.4 Å². The molecule has 0 spiro atoms. The zero-order valence-electron chi connectivity index (χ0n) is 22.5. The summed E-state index contributed by atoms with van der Waals surface area (Å²) in [6.07, 6.45) is 8.15. The first-order valence-corrected chi connectivity index (χ1v) is 14.0. The van der Waals surface area contributed by atoms with Crippen molar-refractivity contribution in [3.63, 3.8) is 0 Å². The normalized spacial score (nSPS) is 13.9. The van der Waals surface area contributed by atoms with Crippen LogP contribution in [0.1, 0.15) is 16.8 Å². The van der Waals surface area contributed by atoms with E-state index in [-0.39, 0.29) is 6.61 Å². The summed E-state index contributed by atoms with van der Waals surface area (Å²) in [5.41, 5.74) is 5.77. The number of morpholine rings is 1. The molecule has 41 heavy (non-hydrogen) atoms. The number of ether oxygens (including phenoxy) is 2. The fourth-order valence-corrected chi connectivity index (χ4v) is 5.18. The van der Waals surface area contributed by atoms with E-state index in [0.29, 0.717) is 29.6 Å². The molecule has 10 heteroatoms. The van der Waals surface area contributed by atoms with Gasteiger partial charge in [0.2, 0.25) is 0 Å². The summed E-state index contributed by atoms with van der Waals surface area (Å²) in [5.74, 6) is 1.25. The number of hydrogen-bond donors (Lipinski definition) is 2. The monoisotopic (exact) mass is 570 g/mol. The number of nitrogens with one attached hydrogen (secondary N) is 1. The van der Waals surface area contributed by atoms with Crippen LogP contribution in [-0.4, -0.2) is 62.4 Å². The number of hydrogen-bond acceptors (Lipinski definition) is 8. The van der Waals surface area contributed by atoms with E-state index in [0.717, 1.165) is 66.4 Å². The van der Waals surface area contributed by atoms with E-state index in [4.69, 9.17) is 21.1 Å². The van der Waals surface area contributed by atoms with Crippen molar-refractivity contribution < 1.29 is 14.6 Å². The first kappa shape index (κ1) is 27.2. The molecular weight excluding hydrogens is 540 g/mol. The molecule has 2 aromatic carbocycles. The molecule has 1 aliphatic rings. The van der Waals surface area contributed by atoms with Gasteiger partial charge in [-0.3, -0.25) is 9.88 Å². The predicted molar refractivity (Wildman–Crippen MR) is 159 cm³/mol. The number of nitrogens with zero attached hydrogens (tertiary/aromatic N) is 5. The second kappa shape index (κ2) is 12.7. The first-order chi connectivity index (χ1) is 20.2. The maximum absolute atomic E-state index is 9.68. The maximum Gasteiger partial charge on any atom is 0.141 e. The zero-order valence-corrected chi connectivity index (χ0v) is 23.3. The molecule has 4 heterocycles. The number of aliphatic hydroxyl groups is 1. The van der Waals surface area contributed by atoms with Crippen molar-refractivity contribution in [1.82, 2.24) is 24.4 Å². The minimum Gasteiger partial charge on any atom is -0.486 e. The summed E-state index contributed by atoms with van der Waals surface area (Å²) in [6.45, 7) is 4.60. The summed E-state index contributed by atoms with van der Waals surface area (Å²) in [7, 11) is 0. The number of halogens is 1. The summed E-state index contributed by atoms with van der Waals surface area (Å²) < 4.78 is 13.5. The topological polar surface area (TPSA) is 97.6 Å². The van der Waals surface area contributed by atoms with E-state index in [2.05, 4.69) is 48.2 Å². The van der Waals surface area contributed by atoms with Crippen molar-refractivity contribution in [3.05, 3.63) is 101 Å². The number of anilines is 2. The molecule has 1 fully saturated rings. The van der Waals surface area contributed by atoms with Crippen LogP contribution >= 0.6 is 11.6 Å². The van der Waals surface area contributed by atoms with E-state index in [1.54, 1.807) is 12.5 Å². The Morgan fingerprint density at radius 2 is 1.85 bits per heavy atom. The van der Waals surface area contributed by atoms with Crippen molar-refractivity contribution in [2.45, 2.75) is 19.6 Å². The molecule has 0 amide bonds. The van der Waals surface area contributed by atoms with Crippen LogP contribution in [0, 0.1) is 0 Å². The number of fused-ring (bicyclic) bond motifs is 1. The Hall–Kier alpha value is -4.02. The van der Waals surface area contributed by atoms with Gasteiger partial charge in [0.05, 0.1) is 29.4 Å². The van der Waals surface area contributed by atoms with Gasteiger partial charge in [-0.15, -0.1) is 0 Å². The van der Waals surface area contributed by atoms with Gasteiger partial charge in [0.15, 0.2) is 0 Å². The third kappa shape index (κ3) is 6.49. The van der Waals surface area contributed by atoms with Gasteiger partial charge in [-0.2, -0.15) is 0 Å². The van der Waals surface area contributed by atoms with Crippen molar-refractivity contribution >= 4 is 34.0 Å². The third-order valence-corrected chi connectivity index (χ3v) is 7.39. The fourth-order valence-electron chi connectivity index (χ4n) is 4.95. The molecular formula is C31H31ClN6O3. The molecule has 5 aromatic rings. The Bertz CT molecular complexity index is 1620. The Morgan fingerprint density at radius 3 is 2.66 bits per heavy atom. The minimum absolute atomic E-state index is 0.106. The molecule has 3 aromatic heterocycles. The number of aliphatic hydroxyl groups excluding tert-OH is 1. The lowest BCUT2D eigenvalue weighted by atomic mass is 10.1. The van der Waals surface area contributed by atoms with Crippen LogP contribution in [0.2, 0.25) is 5.02 Å². The molecule has 0 aliphatic carbocycles. The molecule has 1 aliphatic heterocycles. The Labute approximate surface area is 243 Å². The Balaban J connectivity index is 1.23. The Morgan fingerprint density at radius 1 is 0.976 bits per heavy atom.